The third kappa shape index (κ3) is 2.16. The summed E-state index contributed by atoms with van der Waals surface area (Å²) in [6.45, 7) is 0. The van der Waals surface area contributed by atoms with Crippen LogP contribution in [0, 0.1) is 28.7 Å². The molecule has 1 aromatic rings. The fourth-order valence-corrected chi connectivity index (χ4v) is 1.92. The number of hydrogen-bond acceptors (Lipinski definition) is 2. The molecule has 1 amide bonds. The number of amides is 1. The number of nitrogens with one attached hydrogen (secondary N) is 1. The lowest BCUT2D eigenvalue weighted by Gasteiger charge is -2.14. The predicted molar refractivity (Wildman–Crippen MR) is 63.4 cm³/mol. The minimum atomic E-state index is -1.68. The molecule has 1 aromatic carbocycles. The molecule has 0 aromatic heterocycles. The summed E-state index contributed by atoms with van der Waals surface area (Å²) in [4.78, 5) is 11.7. The Balaban J connectivity index is 2.35. The molecule has 3 nitrogen and oxygen atoms in total. The van der Waals surface area contributed by atoms with Crippen molar-refractivity contribution in [1.82, 2.24) is 0 Å². The Labute approximate surface area is 110 Å². The lowest BCUT2D eigenvalue weighted by molar-refractivity contribution is -0.119. The third-order valence-electron chi connectivity index (χ3n) is 3.01. The van der Waals surface area contributed by atoms with Crippen LogP contribution in [0.25, 0.3) is 0 Å². The summed E-state index contributed by atoms with van der Waals surface area (Å²) in [6, 6.07) is 0.0563. The van der Waals surface area contributed by atoms with E-state index in [-0.39, 0.29) is 11.1 Å². The fraction of sp³-hybridized carbons (Fsp3) is 0.273. The van der Waals surface area contributed by atoms with Crippen molar-refractivity contribution in [3.05, 3.63) is 29.3 Å². The summed E-state index contributed by atoms with van der Waals surface area (Å²) in [5.41, 5.74) is 3.00. The van der Waals surface area contributed by atoms with E-state index in [0.29, 0.717) is 12.8 Å². The molecule has 1 fully saturated rings. The van der Waals surface area contributed by atoms with Gasteiger partial charge in [-0.15, -0.1) is 0 Å². The number of nitrogens with two attached hydrogens (primary N) is 1. The Morgan fingerprint density at radius 3 is 2.05 bits per heavy atom. The SMILES string of the molecule is NC(=S)C1(C(=O)Nc2c(F)c(F)cc(F)c2F)CC1. The number of benzene rings is 1. The number of halogens is 4. The number of thiocarbonyl (C=S) groups is 1. The van der Waals surface area contributed by atoms with Crippen molar-refractivity contribution in [2.24, 2.45) is 11.1 Å². The first-order chi connectivity index (χ1) is 8.79. The fourth-order valence-electron chi connectivity index (χ4n) is 1.63. The minimum Gasteiger partial charge on any atom is -0.392 e. The zero-order valence-electron chi connectivity index (χ0n) is 9.40. The molecule has 0 heterocycles. The average Bonchev–Trinajstić information content (AvgIpc) is 3.13. The normalized spacial score (nSPS) is 16.0. The zero-order valence-corrected chi connectivity index (χ0v) is 10.2. The van der Waals surface area contributed by atoms with Crippen LogP contribution < -0.4 is 11.1 Å². The molecule has 8 heteroatoms. The molecule has 0 spiro atoms. The Kier molecular flexibility index (Phi) is 3.21. The van der Waals surface area contributed by atoms with Gasteiger partial charge in [-0.2, -0.15) is 0 Å². The maximum atomic E-state index is 13.4. The summed E-state index contributed by atoms with van der Waals surface area (Å²) in [5, 5.41) is 1.81. The highest BCUT2D eigenvalue weighted by molar-refractivity contribution is 7.80. The molecule has 3 N–H and O–H groups in total. The van der Waals surface area contributed by atoms with E-state index in [9.17, 15) is 22.4 Å². The van der Waals surface area contributed by atoms with Crippen LogP contribution in [-0.2, 0) is 4.79 Å². The molecule has 0 saturated heterocycles. The third-order valence-corrected chi connectivity index (χ3v) is 3.40. The Morgan fingerprint density at radius 2 is 1.68 bits per heavy atom. The highest BCUT2D eigenvalue weighted by Gasteiger charge is 2.53. The van der Waals surface area contributed by atoms with Crippen molar-refractivity contribution < 1.29 is 22.4 Å². The molecular formula is C11H8F4N2OS. The van der Waals surface area contributed by atoms with Gasteiger partial charge in [-0.3, -0.25) is 4.79 Å². The van der Waals surface area contributed by atoms with E-state index in [1.54, 1.807) is 0 Å². The summed E-state index contributed by atoms with van der Waals surface area (Å²) in [7, 11) is 0. The van der Waals surface area contributed by atoms with Gasteiger partial charge < -0.3 is 11.1 Å². The largest absolute Gasteiger partial charge is 0.392 e. The van der Waals surface area contributed by atoms with Crippen LogP contribution >= 0.6 is 12.2 Å². The first-order valence-electron chi connectivity index (χ1n) is 5.24. The summed E-state index contributed by atoms with van der Waals surface area (Å²) >= 11 is 4.69. The van der Waals surface area contributed by atoms with E-state index < -0.39 is 40.3 Å². The summed E-state index contributed by atoms with van der Waals surface area (Å²) in [5.74, 6) is -7.43. The molecule has 0 bridgehead atoms. The number of anilines is 1. The highest BCUT2D eigenvalue weighted by atomic mass is 32.1. The molecule has 1 saturated carbocycles. The lowest BCUT2D eigenvalue weighted by Crippen LogP contribution is -2.35. The van der Waals surface area contributed by atoms with Crippen LogP contribution in [0.3, 0.4) is 0 Å². The maximum Gasteiger partial charge on any atom is 0.237 e. The van der Waals surface area contributed by atoms with Crippen LogP contribution in [-0.4, -0.2) is 10.9 Å². The molecular weight excluding hydrogens is 284 g/mol. The molecule has 1 aliphatic carbocycles. The number of rotatable bonds is 3. The molecule has 1 aliphatic rings. The number of carbonyl (C=O) groups excluding carboxylic acids is 1. The summed E-state index contributed by atoms with van der Waals surface area (Å²) < 4.78 is 52.6. The topological polar surface area (TPSA) is 55.1 Å². The number of carbonyl (C=O) groups is 1. The van der Waals surface area contributed by atoms with Crippen molar-refractivity contribution in [2.45, 2.75) is 12.8 Å². The van der Waals surface area contributed by atoms with Crippen LogP contribution in [0.2, 0.25) is 0 Å². The van der Waals surface area contributed by atoms with Crippen molar-refractivity contribution in [1.29, 1.82) is 0 Å². The Hall–Kier alpha value is -1.70. The van der Waals surface area contributed by atoms with Gasteiger partial charge in [0, 0.05) is 6.07 Å². The molecule has 19 heavy (non-hydrogen) atoms. The molecule has 0 aliphatic heterocycles. The first kappa shape index (κ1) is 13.7. The van der Waals surface area contributed by atoms with Gasteiger partial charge in [0.15, 0.2) is 23.3 Å². The smallest absolute Gasteiger partial charge is 0.237 e. The van der Waals surface area contributed by atoms with Gasteiger partial charge in [-0.05, 0) is 12.8 Å². The molecule has 0 unspecified atom stereocenters. The van der Waals surface area contributed by atoms with E-state index in [0.717, 1.165) is 0 Å². The summed E-state index contributed by atoms with van der Waals surface area (Å²) in [6.07, 6.45) is 0.657. The first-order valence-corrected chi connectivity index (χ1v) is 5.65. The molecule has 102 valence electrons. The molecule has 0 radical (unpaired) electrons. The standard InChI is InChI=1S/C11H8F4N2OS/c12-4-3-5(13)7(15)8(6(4)14)17-10(18)11(1-2-11)9(16)19/h3H,1-2H2,(H2,16,19)(H,17,18). The van der Waals surface area contributed by atoms with Crippen LogP contribution in [0.5, 0.6) is 0 Å². The predicted octanol–water partition coefficient (Wildman–Crippen LogP) is 2.25. The molecule has 0 atom stereocenters. The number of hydrogen-bond donors (Lipinski definition) is 2. The van der Waals surface area contributed by atoms with Crippen molar-refractivity contribution >= 4 is 28.8 Å². The van der Waals surface area contributed by atoms with Crippen LogP contribution in [0.15, 0.2) is 6.07 Å². The Morgan fingerprint density at radius 1 is 1.21 bits per heavy atom. The van der Waals surface area contributed by atoms with Gasteiger partial charge in [0.25, 0.3) is 0 Å². The van der Waals surface area contributed by atoms with Crippen molar-refractivity contribution in [3.63, 3.8) is 0 Å². The van der Waals surface area contributed by atoms with Crippen LogP contribution in [0.4, 0.5) is 23.2 Å². The van der Waals surface area contributed by atoms with Gasteiger partial charge in [-0.1, -0.05) is 12.2 Å². The van der Waals surface area contributed by atoms with E-state index in [2.05, 4.69) is 12.2 Å². The minimum absolute atomic E-state index is 0.0563. The van der Waals surface area contributed by atoms with Crippen molar-refractivity contribution in [2.75, 3.05) is 5.32 Å². The van der Waals surface area contributed by atoms with Gasteiger partial charge >= 0.3 is 0 Å². The van der Waals surface area contributed by atoms with E-state index >= 15 is 0 Å². The average molecular weight is 292 g/mol. The maximum absolute atomic E-state index is 13.4. The van der Waals surface area contributed by atoms with Gasteiger partial charge in [0.05, 0.1) is 10.4 Å². The Bertz CT molecular complexity index is 560. The monoisotopic (exact) mass is 292 g/mol. The van der Waals surface area contributed by atoms with E-state index in [1.165, 1.54) is 0 Å². The van der Waals surface area contributed by atoms with Gasteiger partial charge in [0.1, 0.15) is 5.69 Å². The van der Waals surface area contributed by atoms with Gasteiger partial charge in [-0.25, -0.2) is 17.6 Å². The highest BCUT2D eigenvalue weighted by Crippen LogP contribution is 2.47. The second-order valence-corrected chi connectivity index (χ2v) is 4.68. The van der Waals surface area contributed by atoms with Crippen LogP contribution in [0.1, 0.15) is 12.8 Å². The second-order valence-electron chi connectivity index (χ2n) is 4.24. The zero-order chi connectivity index (χ0) is 14.4. The van der Waals surface area contributed by atoms with Gasteiger partial charge in [0.2, 0.25) is 5.91 Å². The second kappa shape index (κ2) is 4.44. The molecule has 2 rings (SSSR count). The van der Waals surface area contributed by atoms with E-state index in [4.69, 9.17) is 5.73 Å². The van der Waals surface area contributed by atoms with Crippen molar-refractivity contribution in [3.8, 4) is 0 Å². The quantitative estimate of drug-likeness (QED) is 0.510. The van der Waals surface area contributed by atoms with E-state index in [1.807, 2.05) is 5.32 Å². The lowest BCUT2D eigenvalue weighted by atomic mass is 10.1.